The predicted molar refractivity (Wildman–Crippen MR) is 119 cm³/mol. The van der Waals surface area contributed by atoms with Gasteiger partial charge in [-0.2, -0.15) is 0 Å². The Hall–Kier alpha value is -3.00. The van der Waals surface area contributed by atoms with Gasteiger partial charge in [0.15, 0.2) is 0 Å². The van der Waals surface area contributed by atoms with E-state index in [0.717, 1.165) is 11.1 Å². The number of nitrogens with zero attached hydrogens (tertiary/aromatic N) is 4. The third kappa shape index (κ3) is 3.87. The van der Waals surface area contributed by atoms with E-state index in [2.05, 4.69) is 29.4 Å². The summed E-state index contributed by atoms with van der Waals surface area (Å²) in [5.41, 5.74) is 1.84. The zero-order valence-electron chi connectivity index (χ0n) is 17.3. The lowest BCUT2D eigenvalue weighted by atomic mass is 10.1. The van der Waals surface area contributed by atoms with Gasteiger partial charge in [-0.15, -0.1) is 21.5 Å². The van der Waals surface area contributed by atoms with Crippen molar-refractivity contribution in [1.29, 1.82) is 0 Å². The van der Waals surface area contributed by atoms with Crippen LogP contribution in [0.4, 0.5) is 0 Å². The topological polar surface area (TPSA) is 81.3 Å². The van der Waals surface area contributed by atoms with Gasteiger partial charge in [-0.3, -0.25) is 18.6 Å². The Morgan fingerprint density at radius 2 is 1.90 bits per heavy atom. The lowest BCUT2D eigenvalue weighted by Gasteiger charge is -2.14. The first-order valence-corrected chi connectivity index (χ1v) is 11.0. The van der Waals surface area contributed by atoms with Crippen LogP contribution in [0.15, 0.2) is 46.6 Å². The van der Waals surface area contributed by atoms with E-state index in [9.17, 15) is 9.59 Å². The van der Waals surface area contributed by atoms with Gasteiger partial charge in [-0.05, 0) is 29.9 Å². The van der Waals surface area contributed by atoms with E-state index in [4.69, 9.17) is 0 Å². The molecule has 7 nitrogen and oxygen atoms in total. The molecule has 0 aliphatic carbocycles. The van der Waals surface area contributed by atoms with Crippen molar-refractivity contribution >= 4 is 33.2 Å². The van der Waals surface area contributed by atoms with E-state index in [-0.39, 0.29) is 17.5 Å². The number of thiophene rings is 1. The van der Waals surface area contributed by atoms with Crippen molar-refractivity contribution in [3.05, 3.63) is 63.5 Å². The summed E-state index contributed by atoms with van der Waals surface area (Å²) in [5.74, 6) is 1.48. The number of fused-ring (bicyclic) bond motifs is 3. The van der Waals surface area contributed by atoms with Crippen LogP contribution in [0.5, 0.6) is 0 Å². The highest BCUT2D eigenvalue weighted by Gasteiger charge is 2.19. The Morgan fingerprint density at radius 3 is 2.63 bits per heavy atom. The van der Waals surface area contributed by atoms with E-state index < -0.39 is 0 Å². The summed E-state index contributed by atoms with van der Waals surface area (Å²) in [5, 5.41) is 13.6. The van der Waals surface area contributed by atoms with Gasteiger partial charge in [0.1, 0.15) is 10.5 Å². The van der Waals surface area contributed by atoms with Gasteiger partial charge in [0.2, 0.25) is 11.7 Å². The fourth-order valence-corrected chi connectivity index (χ4v) is 4.46. The molecule has 0 aliphatic rings. The maximum absolute atomic E-state index is 12.9. The summed E-state index contributed by atoms with van der Waals surface area (Å²) in [6.07, 6.45) is 0.742. The molecule has 1 atom stereocenters. The van der Waals surface area contributed by atoms with E-state index in [1.165, 1.54) is 11.3 Å². The third-order valence-corrected chi connectivity index (χ3v) is 5.97. The highest BCUT2D eigenvalue weighted by atomic mass is 32.1. The van der Waals surface area contributed by atoms with Crippen molar-refractivity contribution in [2.45, 2.75) is 46.2 Å². The standard InChI is InChI=1S/C22H25N5O2S/c1-14(2)13-26-21(29)20-17(11-12-30-20)27-18(24-25-22(26)27)9-10-19(28)23-15(3)16-7-5-4-6-8-16/h4-8,11-12,14-15H,9-10,13H2,1-3H3,(H,23,28)/t15-/m1/s1. The quantitative estimate of drug-likeness (QED) is 0.493. The molecule has 0 spiro atoms. The van der Waals surface area contributed by atoms with Crippen molar-refractivity contribution in [1.82, 2.24) is 24.5 Å². The lowest BCUT2D eigenvalue weighted by molar-refractivity contribution is -0.121. The second kappa shape index (κ2) is 8.39. The van der Waals surface area contributed by atoms with Crippen molar-refractivity contribution in [3.8, 4) is 0 Å². The number of carbonyl (C=O) groups is 1. The first-order valence-electron chi connectivity index (χ1n) is 10.1. The molecule has 0 aliphatic heterocycles. The summed E-state index contributed by atoms with van der Waals surface area (Å²) in [6, 6.07) is 11.7. The maximum atomic E-state index is 12.9. The molecule has 0 saturated heterocycles. The molecular weight excluding hydrogens is 398 g/mol. The smallest absolute Gasteiger partial charge is 0.272 e. The predicted octanol–water partition coefficient (Wildman–Crippen LogP) is 3.57. The number of aromatic nitrogens is 4. The van der Waals surface area contributed by atoms with Gasteiger partial charge in [0.05, 0.1) is 11.6 Å². The molecule has 1 N–H and O–H groups in total. The van der Waals surface area contributed by atoms with Gasteiger partial charge in [-0.25, -0.2) is 0 Å². The molecule has 0 unspecified atom stereocenters. The first-order chi connectivity index (χ1) is 14.5. The minimum atomic E-state index is -0.0614. The minimum Gasteiger partial charge on any atom is -0.350 e. The number of hydrogen-bond donors (Lipinski definition) is 1. The van der Waals surface area contributed by atoms with Crippen molar-refractivity contribution in [2.75, 3.05) is 0 Å². The molecule has 3 heterocycles. The molecule has 0 fully saturated rings. The van der Waals surface area contributed by atoms with Crippen LogP contribution in [-0.4, -0.2) is 25.1 Å². The van der Waals surface area contributed by atoms with Crippen LogP contribution < -0.4 is 10.9 Å². The van der Waals surface area contributed by atoms with Crippen LogP contribution in [-0.2, 0) is 17.8 Å². The molecular formula is C22H25N5O2S. The lowest BCUT2D eigenvalue weighted by Crippen LogP contribution is -2.27. The van der Waals surface area contributed by atoms with Crippen molar-refractivity contribution < 1.29 is 4.79 Å². The van der Waals surface area contributed by atoms with Crippen molar-refractivity contribution in [2.24, 2.45) is 5.92 Å². The SMILES string of the molecule is CC(C)Cn1c(=O)c2sccc2n2c(CCC(=O)N[C@H](C)c3ccccc3)nnc12. The second-order valence-electron chi connectivity index (χ2n) is 7.90. The van der Waals surface area contributed by atoms with Crippen LogP contribution >= 0.6 is 11.3 Å². The Bertz CT molecular complexity index is 1240. The number of hydrogen-bond acceptors (Lipinski definition) is 5. The van der Waals surface area contributed by atoms with E-state index in [1.807, 2.05) is 53.1 Å². The summed E-state index contributed by atoms with van der Waals surface area (Å²) in [7, 11) is 0. The normalized spacial score (nSPS) is 12.7. The van der Waals surface area contributed by atoms with E-state index in [1.54, 1.807) is 4.57 Å². The zero-order valence-corrected chi connectivity index (χ0v) is 18.1. The molecule has 30 heavy (non-hydrogen) atoms. The average molecular weight is 424 g/mol. The summed E-state index contributed by atoms with van der Waals surface area (Å²) >= 11 is 1.42. The Morgan fingerprint density at radius 1 is 1.13 bits per heavy atom. The number of amides is 1. The molecule has 1 aromatic carbocycles. The Balaban J connectivity index is 1.59. The van der Waals surface area contributed by atoms with Crippen LogP contribution in [0.3, 0.4) is 0 Å². The number of nitrogens with one attached hydrogen (secondary N) is 1. The molecule has 0 radical (unpaired) electrons. The zero-order chi connectivity index (χ0) is 21.3. The van der Waals surface area contributed by atoms with Gasteiger partial charge in [0, 0.05) is 19.4 Å². The monoisotopic (exact) mass is 423 g/mol. The molecule has 156 valence electrons. The van der Waals surface area contributed by atoms with E-state index in [0.29, 0.717) is 41.6 Å². The molecule has 3 aromatic heterocycles. The van der Waals surface area contributed by atoms with Crippen molar-refractivity contribution in [3.63, 3.8) is 0 Å². The molecule has 4 rings (SSSR count). The fraction of sp³-hybridized carbons (Fsp3) is 0.364. The molecule has 8 heteroatoms. The first kappa shape index (κ1) is 20.3. The molecule has 4 aromatic rings. The highest BCUT2D eigenvalue weighted by Crippen LogP contribution is 2.21. The molecule has 1 amide bonds. The number of aryl methyl sites for hydroxylation is 1. The highest BCUT2D eigenvalue weighted by molar-refractivity contribution is 7.17. The van der Waals surface area contributed by atoms with Crippen LogP contribution in [0.25, 0.3) is 16.0 Å². The number of benzene rings is 1. The third-order valence-electron chi connectivity index (χ3n) is 5.08. The fourth-order valence-electron chi connectivity index (χ4n) is 3.64. The van der Waals surface area contributed by atoms with E-state index >= 15 is 0 Å². The summed E-state index contributed by atoms with van der Waals surface area (Å²) < 4.78 is 4.30. The van der Waals surface area contributed by atoms with Crippen LogP contribution in [0.2, 0.25) is 0 Å². The van der Waals surface area contributed by atoms with Gasteiger partial charge in [-0.1, -0.05) is 44.2 Å². The Kier molecular flexibility index (Phi) is 5.67. The molecule has 0 bridgehead atoms. The summed E-state index contributed by atoms with van der Waals surface area (Å²) in [4.78, 5) is 25.4. The van der Waals surface area contributed by atoms with Gasteiger partial charge < -0.3 is 5.32 Å². The Labute approximate surface area is 178 Å². The summed E-state index contributed by atoms with van der Waals surface area (Å²) in [6.45, 7) is 6.68. The number of rotatable bonds is 7. The second-order valence-corrected chi connectivity index (χ2v) is 8.81. The van der Waals surface area contributed by atoms with Gasteiger partial charge in [0.25, 0.3) is 5.56 Å². The maximum Gasteiger partial charge on any atom is 0.272 e. The number of carbonyl (C=O) groups excluding carboxylic acids is 1. The minimum absolute atomic E-state index is 0.0328. The van der Waals surface area contributed by atoms with Crippen LogP contribution in [0.1, 0.15) is 44.6 Å². The van der Waals surface area contributed by atoms with Gasteiger partial charge >= 0.3 is 0 Å². The van der Waals surface area contributed by atoms with Crippen LogP contribution in [0, 0.1) is 5.92 Å². The largest absolute Gasteiger partial charge is 0.350 e. The molecule has 0 saturated carbocycles. The average Bonchev–Trinajstić information content (AvgIpc) is 3.37.